The lowest BCUT2D eigenvalue weighted by Gasteiger charge is -2.28. The van der Waals surface area contributed by atoms with Crippen LogP contribution in [0.5, 0.6) is 5.75 Å². The zero-order valence-electron chi connectivity index (χ0n) is 15.9. The van der Waals surface area contributed by atoms with Crippen molar-refractivity contribution in [1.29, 1.82) is 0 Å². The maximum atomic E-state index is 12.6. The molecule has 1 N–H and O–H groups in total. The van der Waals surface area contributed by atoms with Crippen LogP contribution in [-0.2, 0) is 20.3 Å². The zero-order chi connectivity index (χ0) is 18.8. The van der Waals surface area contributed by atoms with Gasteiger partial charge in [0.15, 0.2) is 6.10 Å². The molecule has 0 saturated carbocycles. The minimum absolute atomic E-state index is 0.149. The number of phenolic OH excluding ortho intramolecular Hbond substituents is 1. The topological polar surface area (TPSA) is 55.8 Å². The van der Waals surface area contributed by atoms with Gasteiger partial charge in [-0.15, -0.1) is 0 Å². The molecule has 1 atom stereocenters. The molecular formula is C21H28O4. The largest absolute Gasteiger partial charge is 0.507 e. The van der Waals surface area contributed by atoms with E-state index >= 15 is 0 Å². The first-order valence-electron chi connectivity index (χ1n) is 8.54. The van der Waals surface area contributed by atoms with E-state index in [1.54, 1.807) is 24.5 Å². The molecule has 2 rings (SSSR count). The molecule has 0 bridgehead atoms. The lowest BCUT2D eigenvalue weighted by molar-refractivity contribution is 0.0311. The average molecular weight is 344 g/mol. The molecule has 0 amide bonds. The van der Waals surface area contributed by atoms with Gasteiger partial charge in [-0.3, -0.25) is 0 Å². The Morgan fingerprint density at radius 3 is 2.08 bits per heavy atom. The second-order valence-corrected chi connectivity index (χ2v) is 8.41. The first-order valence-corrected chi connectivity index (χ1v) is 8.54. The van der Waals surface area contributed by atoms with Crippen LogP contribution in [0.1, 0.15) is 63.0 Å². The number of esters is 1. The molecule has 1 heterocycles. The fourth-order valence-electron chi connectivity index (χ4n) is 2.66. The molecule has 0 spiro atoms. The second-order valence-electron chi connectivity index (χ2n) is 8.41. The average Bonchev–Trinajstić information content (AvgIpc) is 2.51. The molecule has 1 aliphatic heterocycles. The summed E-state index contributed by atoms with van der Waals surface area (Å²) in [6, 6.07) is 3.45. The molecule has 4 heteroatoms. The van der Waals surface area contributed by atoms with Gasteiger partial charge in [-0.2, -0.15) is 0 Å². The van der Waals surface area contributed by atoms with Crippen molar-refractivity contribution < 1.29 is 19.4 Å². The summed E-state index contributed by atoms with van der Waals surface area (Å²) in [5, 5.41) is 10.7. The highest BCUT2D eigenvalue weighted by molar-refractivity contribution is 5.90. The van der Waals surface area contributed by atoms with Crippen molar-refractivity contribution >= 4 is 5.97 Å². The van der Waals surface area contributed by atoms with Gasteiger partial charge in [0.25, 0.3) is 0 Å². The Kier molecular flexibility index (Phi) is 5.31. The van der Waals surface area contributed by atoms with E-state index in [0.29, 0.717) is 5.56 Å². The summed E-state index contributed by atoms with van der Waals surface area (Å²) in [6.07, 6.45) is 6.79. The summed E-state index contributed by atoms with van der Waals surface area (Å²) in [5.74, 6) is -0.164. The van der Waals surface area contributed by atoms with Gasteiger partial charge in [0.2, 0.25) is 0 Å². The number of ether oxygens (including phenoxy) is 2. The van der Waals surface area contributed by atoms with Crippen molar-refractivity contribution in [3.63, 3.8) is 0 Å². The van der Waals surface area contributed by atoms with Gasteiger partial charge in [-0.1, -0.05) is 47.6 Å². The highest BCUT2D eigenvalue weighted by atomic mass is 16.6. The standard InChI is InChI=1S/C21H28O4/c1-20(2,3)16-11-14(12-17(18(16)22)21(4,5)6)19(23)25-13-15-9-7-8-10-24-15/h7-12,15,22H,13H2,1-6H3. The normalized spacial score (nSPS) is 17.3. The molecule has 1 aliphatic rings. The van der Waals surface area contributed by atoms with Gasteiger partial charge in [0, 0.05) is 11.1 Å². The monoisotopic (exact) mass is 344 g/mol. The van der Waals surface area contributed by atoms with Crippen molar-refractivity contribution in [3.8, 4) is 5.75 Å². The van der Waals surface area contributed by atoms with Crippen LogP contribution in [0.25, 0.3) is 0 Å². The van der Waals surface area contributed by atoms with E-state index in [4.69, 9.17) is 9.47 Å². The van der Waals surface area contributed by atoms with Crippen LogP contribution in [0, 0.1) is 0 Å². The minimum Gasteiger partial charge on any atom is -0.507 e. The maximum absolute atomic E-state index is 12.6. The van der Waals surface area contributed by atoms with E-state index < -0.39 is 5.97 Å². The third-order valence-corrected chi connectivity index (χ3v) is 4.11. The van der Waals surface area contributed by atoms with Gasteiger partial charge in [-0.05, 0) is 35.1 Å². The Hall–Kier alpha value is -2.23. The number of hydrogen-bond acceptors (Lipinski definition) is 4. The Bertz CT molecular complexity index is 665. The summed E-state index contributed by atoms with van der Waals surface area (Å²) in [6.45, 7) is 12.2. The molecule has 4 nitrogen and oxygen atoms in total. The first-order chi connectivity index (χ1) is 11.5. The number of rotatable bonds is 3. The number of aromatic hydroxyl groups is 1. The number of carbonyl (C=O) groups is 1. The first kappa shape index (κ1) is 19.1. The smallest absolute Gasteiger partial charge is 0.338 e. The molecule has 0 aromatic heterocycles. The van der Waals surface area contributed by atoms with E-state index in [-0.39, 0.29) is 29.3 Å². The van der Waals surface area contributed by atoms with E-state index in [2.05, 4.69) is 0 Å². The van der Waals surface area contributed by atoms with Crippen LogP contribution in [0.3, 0.4) is 0 Å². The Morgan fingerprint density at radius 1 is 1.08 bits per heavy atom. The van der Waals surface area contributed by atoms with Gasteiger partial charge in [0.05, 0.1) is 11.8 Å². The van der Waals surface area contributed by atoms with Crippen LogP contribution in [-0.4, -0.2) is 23.8 Å². The van der Waals surface area contributed by atoms with E-state index in [0.717, 1.165) is 11.1 Å². The summed E-state index contributed by atoms with van der Waals surface area (Å²) < 4.78 is 10.8. The molecule has 136 valence electrons. The molecule has 1 aromatic rings. The van der Waals surface area contributed by atoms with Gasteiger partial charge >= 0.3 is 5.97 Å². The quantitative estimate of drug-likeness (QED) is 0.813. The van der Waals surface area contributed by atoms with Crippen LogP contribution in [0.4, 0.5) is 0 Å². The van der Waals surface area contributed by atoms with Crippen LogP contribution >= 0.6 is 0 Å². The Labute approximate surface area is 150 Å². The fraction of sp³-hybridized carbons (Fsp3) is 0.476. The molecule has 0 aliphatic carbocycles. The van der Waals surface area contributed by atoms with E-state index in [1.165, 1.54) is 0 Å². The van der Waals surface area contributed by atoms with Crippen LogP contribution in [0.2, 0.25) is 0 Å². The molecule has 25 heavy (non-hydrogen) atoms. The Balaban J connectivity index is 2.31. The summed E-state index contributed by atoms with van der Waals surface area (Å²) in [7, 11) is 0. The van der Waals surface area contributed by atoms with Gasteiger partial charge in [-0.25, -0.2) is 4.79 Å². The highest BCUT2D eigenvalue weighted by Gasteiger charge is 2.28. The SMILES string of the molecule is CC(C)(C)c1cc(C(=O)OCC2C=CC=CO2)cc(C(C)(C)C)c1O. The number of phenols is 1. The second kappa shape index (κ2) is 6.95. The number of benzene rings is 1. The zero-order valence-corrected chi connectivity index (χ0v) is 15.9. The summed E-state index contributed by atoms with van der Waals surface area (Å²) in [5.41, 5.74) is 1.34. The highest BCUT2D eigenvalue weighted by Crippen LogP contribution is 2.39. The molecular weight excluding hydrogens is 316 g/mol. The third kappa shape index (κ3) is 4.65. The molecule has 1 aromatic carbocycles. The summed E-state index contributed by atoms with van der Waals surface area (Å²) in [4.78, 5) is 12.6. The van der Waals surface area contributed by atoms with Gasteiger partial charge in [0.1, 0.15) is 12.4 Å². The lowest BCUT2D eigenvalue weighted by Crippen LogP contribution is -2.22. The van der Waals surface area contributed by atoms with Crippen molar-refractivity contribution in [2.45, 2.75) is 58.5 Å². The van der Waals surface area contributed by atoms with E-state index in [9.17, 15) is 9.90 Å². The Morgan fingerprint density at radius 2 is 1.64 bits per heavy atom. The van der Waals surface area contributed by atoms with Crippen molar-refractivity contribution in [1.82, 2.24) is 0 Å². The molecule has 0 radical (unpaired) electrons. The number of hydrogen-bond donors (Lipinski definition) is 1. The fourth-order valence-corrected chi connectivity index (χ4v) is 2.66. The number of allylic oxidation sites excluding steroid dienone is 2. The van der Waals surface area contributed by atoms with Crippen LogP contribution < -0.4 is 0 Å². The lowest BCUT2D eigenvalue weighted by atomic mass is 9.78. The van der Waals surface area contributed by atoms with Crippen molar-refractivity contribution in [3.05, 3.63) is 53.3 Å². The maximum Gasteiger partial charge on any atom is 0.338 e. The predicted molar refractivity (Wildman–Crippen MR) is 98.9 cm³/mol. The van der Waals surface area contributed by atoms with Crippen molar-refractivity contribution in [2.24, 2.45) is 0 Å². The number of carbonyl (C=O) groups excluding carboxylic acids is 1. The molecule has 0 saturated heterocycles. The van der Waals surface area contributed by atoms with Gasteiger partial charge < -0.3 is 14.6 Å². The van der Waals surface area contributed by atoms with E-state index in [1.807, 2.05) is 53.7 Å². The van der Waals surface area contributed by atoms with Crippen LogP contribution in [0.15, 0.2) is 36.6 Å². The summed E-state index contributed by atoms with van der Waals surface area (Å²) >= 11 is 0. The predicted octanol–water partition coefficient (Wildman–Crippen LogP) is 4.61. The minimum atomic E-state index is -0.414. The third-order valence-electron chi connectivity index (χ3n) is 4.11. The molecule has 0 fully saturated rings. The van der Waals surface area contributed by atoms with Crippen molar-refractivity contribution in [2.75, 3.05) is 6.61 Å². The molecule has 1 unspecified atom stereocenters.